The summed E-state index contributed by atoms with van der Waals surface area (Å²) in [5, 5.41) is 2.99. The first-order valence-electron chi connectivity index (χ1n) is 7.69. The van der Waals surface area contributed by atoms with E-state index in [1.165, 1.54) is 32.1 Å². The maximum atomic E-state index is 11.9. The highest BCUT2D eigenvalue weighted by molar-refractivity contribution is 9.10. The first-order chi connectivity index (χ1) is 9.63. The van der Waals surface area contributed by atoms with Crippen molar-refractivity contribution in [3.05, 3.63) is 28.2 Å². The number of amides is 1. The number of aryl methyl sites for hydroxylation is 1. The van der Waals surface area contributed by atoms with Crippen LogP contribution in [0.2, 0.25) is 0 Å². The Labute approximate surface area is 131 Å². The topological polar surface area (TPSA) is 29.1 Å². The van der Waals surface area contributed by atoms with Crippen LogP contribution >= 0.6 is 15.9 Å². The van der Waals surface area contributed by atoms with E-state index in [0.29, 0.717) is 6.42 Å². The van der Waals surface area contributed by atoms with Gasteiger partial charge in [-0.2, -0.15) is 0 Å². The van der Waals surface area contributed by atoms with Gasteiger partial charge in [0, 0.05) is 16.6 Å². The Morgan fingerprint density at radius 3 is 2.40 bits per heavy atom. The van der Waals surface area contributed by atoms with Crippen LogP contribution in [0.15, 0.2) is 22.7 Å². The number of halogens is 1. The Hall–Kier alpha value is -0.830. The van der Waals surface area contributed by atoms with Crippen molar-refractivity contribution in [2.24, 2.45) is 0 Å². The second kappa shape index (κ2) is 9.98. The number of carbonyl (C=O) groups is 1. The molecule has 1 rings (SSSR count). The number of hydrogen-bond donors (Lipinski definition) is 1. The monoisotopic (exact) mass is 339 g/mol. The van der Waals surface area contributed by atoms with Crippen molar-refractivity contribution < 1.29 is 4.79 Å². The van der Waals surface area contributed by atoms with E-state index in [2.05, 4.69) is 28.2 Å². The van der Waals surface area contributed by atoms with Gasteiger partial charge in [0.1, 0.15) is 0 Å². The average molecular weight is 340 g/mol. The van der Waals surface area contributed by atoms with Crippen LogP contribution in [0.1, 0.15) is 63.9 Å². The maximum Gasteiger partial charge on any atom is 0.224 e. The Kier molecular flexibility index (Phi) is 8.59. The molecule has 1 aromatic carbocycles. The molecule has 0 atom stereocenters. The third kappa shape index (κ3) is 7.09. The zero-order valence-electron chi connectivity index (χ0n) is 12.7. The van der Waals surface area contributed by atoms with Gasteiger partial charge in [-0.25, -0.2) is 0 Å². The van der Waals surface area contributed by atoms with E-state index in [-0.39, 0.29) is 5.91 Å². The predicted molar refractivity (Wildman–Crippen MR) is 90.1 cm³/mol. The Morgan fingerprint density at radius 2 is 1.75 bits per heavy atom. The van der Waals surface area contributed by atoms with E-state index in [1.54, 1.807) is 0 Å². The molecule has 3 heteroatoms. The summed E-state index contributed by atoms with van der Waals surface area (Å²) in [6, 6.07) is 5.92. The number of anilines is 1. The van der Waals surface area contributed by atoms with E-state index in [4.69, 9.17) is 0 Å². The molecule has 0 radical (unpaired) electrons. The Morgan fingerprint density at radius 1 is 1.10 bits per heavy atom. The van der Waals surface area contributed by atoms with Crippen LogP contribution in [0, 0.1) is 6.92 Å². The summed E-state index contributed by atoms with van der Waals surface area (Å²) >= 11 is 3.43. The quantitative estimate of drug-likeness (QED) is 0.563. The lowest BCUT2D eigenvalue weighted by Crippen LogP contribution is -2.11. The van der Waals surface area contributed by atoms with Crippen LogP contribution in [0.5, 0.6) is 0 Å². The first kappa shape index (κ1) is 17.2. The molecular weight excluding hydrogens is 314 g/mol. The zero-order valence-corrected chi connectivity index (χ0v) is 14.3. The lowest BCUT2D eigenvalue weighted by Gasteiger charge is -2.08. The SMILES string of the molecule is CCCCCCCCCC(=O)Nc1ccc(Br)cc1C. The Balaban J connectivity index is 2.17. The molecule has 0 unspecified atom stereocenters. The van der Waals surface area contributed by atoms with Gasteiger partial charge in [-0.1, -0.05) is 61.4 Å². The minimum atomic E-state index is 0.129. The van der Waals surface area contributed by atoms with Gasteiger partial charge in [-0.3, -0.25) is 4.79 Å². The molecule has 20 heavy (non-hydrogen) atoms. The highest BCUT2D eigenvalue weighted by atomic mass is 79.9. The standard InChI is InChI=1S/C17H26BrNO/c1-3-4-5-6-7-8-9-10-17(20)19-16-12-11-15(18)13-14(16)2/h11-13H,3-10H2,1-2H3,(H,19,20). The Bertz CT molecular complexity index is 417. The van der Waals surface area contributed by atoms with Gasteiger partial charge in [0.05, 0.1) is 0 Å². The largest absolute Gasteiger partial charge is 0.326 e. The molecule has 1 N–H and O–H groups in total. The predicted octanol–water partition coefficient (Wildman–Crippen LogP) is 5.84. The van der Waals surface area contributed by atoms with E-state index in [0.717, 1.165) is 28.6 Å². The van der Waals surface area contributed by atoms with Gasteiger partial charge < -0.3 is 5.32 Å². The summed E-state index contributed by atoms with van der Waals surface area (Å²) in [5.74, 6) is 0.129. The smallest absolute Gasteiger partial charge is 0.224 e. The number of unbranched alkanes of at least 4 members (excludes halogenated alkanes) is 6. The van der Waals surface area contributed by atoms with Crippen LogP contribution < -0.4 is 5.32 Å². The highest BCUT2D eigenvalue weighted by Gasteiger charge is 2.04. The van der Waals surface area contributed by atoms with Crippen LogP contribution in [0.4, 0.5) is 5.69 Å². The van der Waals surface area contributed by atoms with E-state index < -0.39 is 0 Å². The van der Waals surface area contributed by atoms with Gasteiger partial charge in [-0.05, 0) is 37.1 Å². The second-order valence-electron chi connectivity index (χ2n) is 5.38. The van der Waals surface area contributed by atoms with Gasteiger partial charge >= 0.3 is 0 Å². The summed E-state index contributed by atoms with van der Waals surface area (Å²) in [5.41, 5.74) is 2.01. The van der Waals surface area contributed by atoms with Crippen LogP contribution in [0.25, 0.3) is 0 Å². The van der Waals surface area contributed by atoms with Gasteiger partial charge in [-0.15, -0.1) is 0 Å². The molecule has 0 spiro atoms. The molecule has 0 aromatic heterocycles. The van der Waals surface area contributed by atoms with Crippen LogP contribution in [0.3, 0.4) is 0 Å². The summed E-state index contributed by atoms with van der Waals surface area (Å²) in [6.45, 7) is 4.24. The van der Waals surface area contributed by atoms with Crippen molar-refractivity contribution in [2.75, 3.05) is 5.32 Å². The molecule has 0 fully saturated rings. The lowest BCUT2D eigenvalue weighted by atomic mass is 10.1. The molecule has 2 nitrogen and oxygen atoms in total. The summed E-state index contributed by atoms with van der Waals surface area (Å²) in [7, 11) is 0. The summed E-state index contributed by atoms with van der Waals surface area (Å²) < 4.78 is 1.04. The van der Waals surface area contributed by atoms with E-state index >= 15 is 0 Å². The molecule has 0 heterocycles. The fourth-order valence-electron chi connectivity index (χ4n) is 2.22. The molecule has 1 aromatic rings. The van der Waals surface area contributed by atoms with Gasteiger partial charge in [0.15, 0.2) is 0 Å². The molecule has 0 aliphatic carbocycles. The van der Waals surface area contributed by atoms with Crippen molar-refractivity contribution in [2.45, 2.75) is 65.2 Å². The molecule has 0 bridgehead atoms. The van der Waals surface area contributed by atoms with Crippen molar-refractivity contribution >= 4 is 27.5 Å². The molecule has 0 saturated heterocycles. The number of benzene rings is 1. The van der Waals surface area contributed by atoms with Gasteiger partial charge in [0.25, 0.3) is 0 Å². The molecule has 0 saturated carbocycles. The zero-order chi connectivity index (χ0) is 14.8. The number of rotatable bonds is 9. The van der Waals surface area contributed by atoms with Crippen molar-refractivity contribution in [3.63, 3.8) is 0 Å². The first-order valence-corrected chi connectivity index (χ1v) is 8.48. The minimum Gasteiger partial charge on any atom is -0.326 e. The third-order valence-corrected chi connectivity index (χ3v) is 3.96. The molecule has 0 aliphatic heterocycles. The fourth-order valence-corrected chi connectivity index (χ4v) is 2.70. The molecule has 1 amide bonds. The third-order valence-electron chi connectivity index (χ3n) is 3.47. The molecule has 0 aliphatic rings. The van der Waals surface area contributed by atoms with Crippen LogP contribution in [-0.2, 0) is 4.79 Å². The summed E-state index contributed by atoms with van der Waals surface area (Å²) in [6.07, 6.45) is 9.30. The minimum absolute atomic E-state index is 0.129. The number of nitrogens with one attached hydrogen (secondary N) is 1. The van der Waals surface area contributed by atoms with Crippen molar-refractivity contribution in [1.82, 2.24) is 0 Å². The highest BCUT2D eigenvalue weighted by Crippen LogP contribution is 2.20. The maximum absolute atomic E-state index is 11.9. The fraction of sp³-hybridized carbons (Fsp3) is 0.588. The van der Waals surface area contributed by atoms with Crippen molar-refractivity contribution in [1.29, 1.82) is 0 Å². The summed E-state index contributed by atoms with van der Waals surface area (Å²) in [4.78, 5) is 11.9. The van der Waals surface area contributed by atoms with Crippen LogP contribution in [-0.4, -0.2) is 5.91 Å². The molecule has 112 valence electrons. The number of carbonyl (C=O) groups excluding carboxylic acids is 1. The van der Waals surface area contributed by atoms with Gasteiger partial charge in [0.2, 0.25) is 5.91 Å². The average Bonchev–Trinajstić information content (AvgIpc) is 2.41. The van der Waals surface area contributed by atoms with E-state index in [9.17, 15) is 4.79 Å². The molecular formula is C17H26BrNO. The normalized spacial score (nSPS) is 10.6. The van der Waals surface area contributed by atoms with Crippen molar-refractivity contribution in [3.8, 4) is 0 Å². The number of hydrogen-bond acceptors (Lipinski definition) is 1. The lowest BCUT2D eigenvalue weighted by molar-refractivity contribution is -0.116. The second-order valence-corrected chi connectivity index (χ2v) is 6.29. The van der Waals surface area contributed by atoms with E-state index in [1.807, 2.05) is 25.1 Å².